The molecule has 1 aliphatic heterocycles. The molecule has 0 fully saturated rings. The van der Waals surface area contributed by atoms with Gasteiger partial charge in [-0.15, -0.1) is 0 Å². The van der Waals surface area contributed by atoms with Crippen molar-refractivity contribution in [1.82, 2.24) is 9.55 Å². The van der Waals surface area contributed by atoms with Crippen LogP contribution >= 0.6 is 22.6 Å². The summed E-state index contributed by atoms with van der Waals surface area (Å²) in [4.78, 5) is 4.80. The van der Waals surface area contributed by atoms with Gasteiger partial charge in [-0.2, -0.15) is 4.57 Å². The van der Waals surface area contributed by atoms with Crippen molar-refractivity contribution < 1.29 is 4.57 Å². The second-order valence-electron chi connectivity index (χ2n) is 4.84. The Morgan fingerprint density at radius 3 is 2.95 bits per heavy atom. The Bertz CT molecular complexity index is 763. The van der Waals surface area contributed by atoms with E-state index in [4.69, 9.17) is 4.98 Å². The smallest absolute Gasteiger partial charge is 0.248 e. The van der Waals surface area contributed by atoms with Crippen LogP contribution in [0.15, 0.2) is 48.7 Å². The van der Waals surface area contributed by atoms with Gasteiger partial charge in [-0.05, 0) is 18.2 Å². The highest BCUT2D eigenvalue weighted by Gasteiger charge is 2.32. The highest BCUT2D eigenvalue weighted by Crippen LogP contribution is 2.28. The molecule has 94 valence electrons. The molecule has 19 heavy (non-hydrogen) atoms. The maximum Gasteiger partial charge on any atom is 0.248 e. The third kappa shape index (κ3) is 1.62. The molecule has 1 unspecified atom stereocenters. The Morgan fingerprint density at radius 1 is 1.21 bits per heavy atom. The van der Waals surface area contributed by atoms with E-state index >= 15 is 0 Å². The number of rotatable bonds is 1. The minimum Gasteiger partial charge on any atom is -0.312 e. The van der Waals surface area contributed by atoms with Gasteiger partial charge in [0.05, 0.1) is 22.0 Å². The highest BCUT2D eigenvalue weighted by atomic mass is 127. The number of benzene rings is 1. The van der Waals surface area contributed by atoms with Gasteiger partial charge in [-0.1, -0.05) is 34.7 Å². The molecule has 0 saturated heterocycles. The van der Waals surface area contributed by atoms with Gasteiger partial charge in [0, 0.05) is 12.1 Å². The van der Waals surface area contributed by atoms with E-state index < -0.39 is 0 Å². The summed E-state index contributed by atoms with van der Waals surface area (Å²) in [5.41, 5.74) is 3.54. The van der Waals surface area contributed by atoms with E-state index in [2.05, 4.69) is 80.4 Å². The van der Waals surface area contributed by atoms with Gasteiger partial charge in [-0.25, -0.2) is 4.98 Å². The predicted octanol–water partition coefficient (Wildman–Crippen LogP) is 2.98. The summed E-state index contributed by atoms with van der Waals surface area (Å²) in [6, 6.07) is 15.2. The number of hydrogen-bond acceptors (Lipinski definition) is 1. The fourth-order valence-corrected chi connectivity index (χ4v) is 3.54. The fraction of sp³-hybridized carbons (Fsp3) is 0.200. The van der Waals surface area contributed by atoms with Crippen molar-refractivity contribution in [1.29, 1.82) is 0 Å². The quantitative estimate of drug-likeness (QED) is 0.371. The number of pyridine rings is 1. The van der Waals surface area contributed by atoms with Crippen molar-refractivity contribution in [3.05, 3.63) is 48.7 Å². The number of alkyl halides is 1. The minimum atomic E-state index is 0.502. The number of para-hydroxylation sites is 2. The van der Waals surface area contributed by atoms with E-state index in [0.717, 1.165) is 22.3 Å². The molecule has 3 aromatic rings. The van der Waals surface area contributed by atoms with Crippen LogP contribution in [0.5, 0.6) is 0 Å². The van der Waals surface area contributed by atoms with Crippen LogP contribution in [-0.2, 0) is 6.54 Å². The van der Waals surface area contributed by atoms with Gasteiger partial charge >= 0.3 is 0 Å². The van der Waals surface area contributed by atoms with Crippen LogP contribution in [0.25, 0.3) is 22.6 Å². The SMILES string of the molecule is ICC1Cn2c(nc3ccccc32)-c2cccc[n+]21. The molecule has 0 bridgehead atoms. The van der Waals surface area contributed by atoms with E-state index in [-0.39, 0.29) is 0 Å². The summed E-state index contributed by atoms with van der Waals surface area (Å²) in [7, 11) is 0. The van der Waals surface area contributed by atoms with Crippen molar-refractivity contribution in [3.63, 3.8) is 0 Å². The molecule has 4 rings (SSSR count). The third-order valence-corrected chi connectivity index (χ3v) is 4.76. The van der Waals surface area contributed by atoms with Gasteiger partial charge in [0.2, 0.25) is 11.5 Å². The van der Waals surface area contributed by atoms with Gasteiger partial charge in [0.25, 0.3) is 0 Å². The van der Waals surface area contributed by atoms with Crippen LogP contribution in [0.4, 0.5) is 0 Å². The first kappa shape index (κ1) is 11.4. The van der Waals surface area contributed by atoms with Crippen molar-refractivity contribution in [3.8, 4) is 11.5 Å². The molecule has 4 heteroatoms. The summed E-state index contributed by atoms with van der Waals surface area (Å²) < 4.78 is 5.81. The first-order valence-electron chi connectivity index (χ1n) is 6.40. The number of aromatic nitrogens is 3. The van der Waals surface area contributed by atoms with Gasteiger partial charge in [0.1, 0.15) is 0 Å². The number of imidazole rings is 1. The highest BCUT2D eigenvalue weighted by molar-refractivity contribution is 14.1. The van der Waals surface area contributed by atoms with E-state index in [1.807, 2.05) is 0 Å². The second-order valence-corrected chi connectivity index (χ2v) is 5.72. The summed E-state index contributed by atoms with van der Waals surface area (Å²) in [5, 5.41) is 0. The molecular formula is C15H13IN3+. The first-order valence-corrected chi connectivity index (χ1v) is 7.93. The number of fused-ring (bicyclic) bond motifs is 5. The molecular weight excluding hydrogens is 349 g/mol. The van der Waals surface area contributed by atoms with Crippen molar-refractivity contribution in [2.45, 2.75) is 12.6 Å². The summed E-state index contributed by atoms with van der Waals surface area (Å²) in [6.07, 6.45) is 2.17. The number of hydrogen-bond donors (Lipinski definition) is 0. The fourth-order valence-electron chi connectivity index (χ4n) is 2.84. The molecule has 1 atom stereocenters. The lowest BCUT2D eigenvalue weighted by atomic mass is 10.2. The van der Waals surface area contributed by atoms with Crippen LogP contribution in [0.1, 0.15) is 6.04 Å². The lowest BCUT2D eigenvalue weighted by molar-refractivity contribution is -0.712. The Morgan fingerprint density at radius 2 is 2.05 bits per heavy atom. The van der Waals surface area contributed by atoms with E-state index in [1.54, 1.807) is 0 Å². The molecule has 0 spiro atoms. The minimum absolute atomic E-state index is 0.502. The van der Waals surface area contributed by atoms with Gasteiger partial charge < -0.3 is 4.57 Å². The zero-order chi connectivity index (χ0) is 12.8. The number of nitrogens with zero attached hydrogens (tertiary/aromatic N) is 3. The van der Waals surface area contributed by atoms with Gasteiger partial charge in [-0.3, -0.25) is 0 Å². The predicted molar refractivity (Wildman–Crippen MR) is 83.3 cm³/mol. The lowest BCUT2D eigenvalue weighted by Crippen LogP contribution is -2.47. The monoisotopic (exact) mass is 362 g/mol. The van der Waals surface area contributed by atoms with Crippen molar-refractivity contribution in [2.24, 2.45) is 0 Å². The number of halogens is 1. The molecule has 3 nitrogen and oxygen atoms in total. The molecule has 0 radical (unpaired) electrons. The standard InChI is InChI=1S/C15H13IN3/c16-9-11-10-19-13-6-2-1-5-12(13)17-15(19)14-7-3-4-8-18(11)14/h1-8,11H,9-10H2/q+1. The maximum atomic E-state index is 4.80. The van der Waals surface area contributed by atoms with E-state index in [9.17, 15) is 0 Å². The van der Waals surface area contributed by atoms with E-state index in [0.29, 0.717) is 6.04 Å². The van der Waals surface area contributed by atoms with Crippen molar-refractivity contribution >= 4 is 33.6 Å². The van der Waals surface area contributed by atoms with Gasteiger partial charge in [0.15, 0.2) is 12.2 Å². The normalized spacial score (nSPS) is 17.2. The van der Waals surface area contributed by atoms with E-state index in [1.165, 1.54) is 11.2 Å². The average molecular weight is 362 g/mol. The Kier molecular flexibility index (Phi) is 2.58. The Balaban J connectivity index is 2.06. The van der Waals surface area contributed by atoms with Crippen LogP contribution < -0.4 is 4.57 Å². The molecule has 1 aliphatic rings. The molecule has 0 N–H and O–H groups in total. The molecule has 2 aromatic heterocycles. The Labute approximate surface area is 125 Å². The zero-order valence-corrected chi connectivity index (χ0v) is 12.5. The van der Waals surface area contributed by atoms with Crippen LogP contribution in [0.2, 0.25) is 0 Å². The molecule has 0 amide bonds. The maximum absolute atomic E-state index is 4.80. The summed E-state index contributed by atoms with van der Waals surface area (Å²) >= 11 is 2.47. The second kappa shape index (κ2) is 4.30. The lowest BCUT2D eigenvalue weighted by Gasteiger charge is -2.20. The zero-order valence-electron chi connectivity index (χ0n) is 10.3. The Hall–Kier alpha value is -1.43. The largest absolute Gasteiger partial charge is 0.312 e. The summed E-state index contributed by atoms with van der Waals surface area (Å²) in [6.45, 7) is 1.00. The summed E-state index contributed by atoms with van der Waals surface area (Å²) in [5.74, 6) is 1.09. The van der Waals surface area contributed by atoms with Crippen LogP contribution in [-0.4, -0.2) is 14.0 Å². The first-order chi connectivity index (χ1) is 9.38. The molecule has 1 aromatic carbocycles. The molecule has 0 saturated carbocycles. The third-order valence-electron chi connectivity index (χ3n) is 3.74. The van der Waals surface area contributed by atoms with Crippen LogP contribution in [0, 0.1) is 0 Å². The molecule has 0 aliphatic carbocycles. The molecule has 3 heterocycles. The topological polar surface area (TPSA) is 21.7 Å². The van der Waals surface area contributed by atoms with Crippen molar-refractivity contribution in [2.75, 3.05) is 4.43 Å². The average Bonchev–Trinajstić information content (AvgIpc) is 2.85. The van der Waals surface area contributed by atoms with Crippen LogP contribution in [0.3, 0.4) is 0 Å².